The van der Waals surface area contributed by atoms with Gasteiger partial charge < -0.3 is 19.5 Å². The first-order valence-corrected chi connectivity index (χ1v) is 13.2. The number of nitrogens with one attached hydrogen (secondary N) is 1. The van der Waals surface area contributed by atoms with Gasteiger partial charge >= 0.3 is 0 Å². The predicted molar refractivity (Wildman–Crippen MR) is 146 cm³/mol. The van der Waals surface area contributed by atoms with Gasteiger partial charge in [0.1, 0.15) is 17.7 Å². The zero-order chi connectivity index (χ0) is 25.6. The van der Waals surface area contributed by atoms with E-state index in [1.165, 1.54) is 12.1 Å². The first kappa shape index (κ1) is 25.3. The standard InChI is InChI=1S/C30H31ClFN3O2/c31-23-6-3-5-22(19-23)20-33-30(36)28-21-35(29-8-2-1-7-27(28)29)16-4-15-34-17-13-26(14-18-34)37-25-11-9-24(32)10-12-25/h1-3,5-12,19,21,26H,4,13-18,20H2,(H,33,36). The van der Waals surface area contributed by atoms with Gasteiger partial charge in [-0.1, -0.05) is 41.9 Å². The third-order valence-corrected chi connectivity index (χ3v) is 7.13. The fraction of sp³-hybridized carbons (Fsp3) is 0.300. The monoisotopic (exact) mass is 519 g/mol. The third-order valence-electron chi connectivity index (χ3n) is 6.90. The topological polar surface area (TPSA) is 46.5 Å². The number of nitrogens with zero attached hydrogens (tertiary/aromatic N) is 2. The van der Waals surface area contributed by atoms with Crippen molar-refractivity contribution < 1.29 is 13.9 Å². The van der Waals surface area contributed by atoms with E-state index in [-0.39, 0.29) is 17.8 Å². The van der Waals surface area contributed by atoms with Crippen LogP contribution in [0.1, 0.15) is 35.2 Å². The van der Waals surface area contributed by atoms with Crippen molar-refractivity contribution in [3.8, 4) is 5.75 Å². The predicted octanol–water partition coefficient (Wildman–Crippen LogP) is 6.30. The third kappa shape index (κ3) is 6.51. The molecule has 1 N–H and O–H groups in total. The van der Waals surface area contributed by atoms with E-state index in [0.717, 1.165) is 67.7 Å². The fourth-order valence-corrected chi connectivity index (χ4v) is 5.17. The number of hydrogen-bond acceptors (Lipinski definition) is 3. The van der Waals surface area contributed by atoms with Crippen LogP contribution in [0.2, 0.25) is 5.02 Å². The highest BCUT2D eigenvalue weighted by Crippen LogP contribution is 2.23. The van der Waals surface area contributed by atoms with E-state index in [4.69, 9.17) is 16.3 Å². The van der Waals surface area contributed by atoms with E-state index in [1.54, 1.807) is 12.1 Å². The van der Waals surface area contributed by atoms with Crippen LogP contribution in [0, 0.1) is 5.82 Å². The number of aromatic nitrogens is 1. The number of carbonyl (C=O) groups is 1. The van der Waals surface area contributed by atoms with Gasteiger partial charge in [-0.3, -0.25) is 4.79 Å². The second kappa shape index (κ2) is 11.8. The second-order valence-electron chi connectivity index (χ2n) is 9.53. The summed E-state index contributed by atoms with van der Waals surface area (Å²) >= 11 is 6.07. The lowest BCUT2D eigenvalue weighted by atomic mass is 10.1. The molecule has 192 valence electrons. The highest BCUT2D eigenvalue weighted by atomic mass is 35.5. The van der Waals surface area contributed by atoms with Crippen LogP contribution in [0.3, 0.4) is 0 Å². The average Bonchev–Trinajstić information content (AvgIpc) is 3.28. The molecule has 1 aromatic heterocycles. The lowest BCUT2D eigenvalue weighted by molar-refractivity contribution is 0.0952. The molecule has 5 rings (SSSR count). The minimum Gasteiger partial charge on any atom is -0.490 e. The van der Waals surface area contributed by atoms with Gasteiger partial charge in [-0.2, -0.15) is 0 Å². The molecule has 1 amide bonds. The van der Waals surface area contributed by atoms with Crippen LogP contribution in [0.25, 0.3) is 10.9 Å². The summed E-state index contributed by atoms with van der Waals surface area (Å²) < 4.78 is 21.3. The van der Waals surface area contributed by atoms with E-state index in [1.807, 2.05) is 48.7 Å². The van der Waals surface area contributed by atoms with Crippen LogP contribution in [0.5, 0.6) is 5.75 Å². The number of aryl methyl sites for hydroxylation is 1. The zero-order valence-electron chi connectivity index (χ0n) is 20.7. The molecule has 4 aromatic rings. The van der Waals surface area contributed by atoms with Crippen molar-refractivity contribution >= 4 is 28.4 Å². The number of halogens is 2. The van der Waals surface area contributed by atoms with Gasteiger partial charge in [-0.15, -0.1) is 0 Å². The molecule has 37 heavy (non-hydrogen) atoms. The lowest BCUT2D eigenvalue weighted by Crippen LogP contribution is -2.38. The first-order valence-electron chi connectivity index (χ1n) is 12.8. The number of carbonyl (C=O) groups excluding carboxylic acids is 1. The Morgan fingerprint density at radius 2 is 1.78 bits per heavy atom. The van der Waals surface area contributed by atoms with Crippen LogP contribution in [0.15, 0.2) is 79.0 Å². The highest BCUT2D eigenvalue weighted by Gasteiger charge is 2.21. The Morgan fingerprint density at radius 3 is 2.57 bits per heavy atom. The van der Waals surface area contributed by atoms with Crippen LogP contribution < -0.4 is 10.1 Å². The molecule has 0 aliphatic carbocycles. The molecular weight excluding hydrogens is 489 g/mol. The molecule has 3 aromatic carbocycles. The van der Waals surface area contributed by atoms with E-state index >= 15 is 0 Å². The molecule has 5 nitrogen and oxygen atoms in total. The number of ether oxygens (including phenoxy) is 1. The van der Waals surface area contributed by atoms with Gasteiger partial charge in [0, 0.05) is 48.3 Å². The van der Waals surface area contributed by atoms with Gasteiger partial charge in [-0.25, -0.2) is 4.39 Å². The van der Waals surface area contributed by atoms with Gasteiger partial charge in [0.25, 0.3) is 5.91 Å². The molecular formula is C30H31ClFN3O2. The maximum atomic E-state index is 13.1. The van der Waals surface area contributed by atoms with Crippen molar-refractivity contribution in [2.24, 2.45) is 0 Å². The maximum Gasteiger partial charge on any atom is 0.253 e. The molecule has 0 radical (unpaired) electrons. The summed E-state index contributed by atoms with van der Waals surface area (Å²) in [4.78, 5) is 15.5. The number of hydrogen-bond donors (Lipinski definition) is 1. The molecule has 0 bridgehead atoms. The number of fused-ring (bicyclic) bond motifs is 1. The summed E-state index contributed by atoms with van der Waals surface area (Å²) in [6.45, 7) is 4.23. The summed E-state index contributed by atoms with van der Waals surface area (Å²) in [5.41, 5.74) is 2.73. The largest absolute Gasteiger partial charge is 0.490 e. The number of likely N-dealkylation sites (tertiary alicyclic amines) is 1. The van der Waals surface area contributed by atoms with Crippen molar-refractivity contribution in [1.82, 2.24) is 14.8 Å². The zero-order valence-corrected chi connectivity index (χ0v) is 21.5. The molecule has 0 unspecified atom stereocenters. The van der Waals surface area contributed by atoms with Crippen molar-refractivity contribution in [2.45, 2.75) is 38.5 Å². The van der Waals surface area contributed by atoms with Crippen LogP contribution >= 0.6 is 11.6 Å². The van der Waals surface area contributed by atoms with Gasteiger partial charge in [0.05, 0.1) is 5.56 Å². The Hall–Kier alpha value is -3.35. The Bertz CT molecular complexity index is 1350. The normalized spacial score (nSPS) is 14.6. The van der Waals surface area contributed by atoms with Gasteiger partial charge in [0.2, 0.25) is 0 Å². The van der Waals surface area contributed by atoms with Crippen molar-refractivity contribution in [1.29, 1.82) is 0 Å². The van der Waals surface area contributed by atoms with Crippen molar-refractivity contribution in [2.75, 3.05) is 19.6 Å². The van der Waals surface area contributed by atoms with Gasteiger partial charge in [0.15, 0.2) is 0 Å². The average molecular weight is 520 g/mol. The number of benzene rings is 3. The molecule has 2 heterocycles. The molecule has 1 saturated heterocycles. The minimum atomic E-state index is -0.247. The smallest absolute Gasteiger partial charge is 0.253 e. The van der Waals surface area contributed by atoms with Crippen molar-refractivity contribution in [3.05, 3.63) is 101 Å². The minimum absolute atomic E-state index is 0.0850. The Labute approximate surface area is 221 Å². The molecule has 1 fully saturated rings. The van der Waals surface area contributed by atoms with Crippen LogP contribution in [-0.2, 0) is 13.1 Å². The maximum absolute atomic E-state index is 13.1. The molecule has 7 heteroatoms. The molecule has 1 aliphatic rings. The molecule has 1 aliphatic heterocycles. The number of para-hydroxylation sites is 1. The summed E-state index contributed by atoms with van der Waals surface area (Å²) in [6.07, 6.45) is 5.05. The molecule has 0 spiro atoms. The van der Waals surface area contributed by atoms with E-state index in [2.05, 4.69) is 20.9 Å². The van der Waals surface area contributed by atoms with Crippen LogP contribution in [0.4, 0.5) is 4.39 Å². The Kier molecular flexibility index (Phi) is 8.07. The summed E-state index contributed by atoms with van der Waals surface area (Å²) in [6, 6.07) is 21.8. The Morgan fingerprint density at radius 1 is 1.00 bits per heavy atom. The van der Waals surface area contributed by atoms with E-state index in [9.17, 15) is 9.18 Å². The number of rotatable bonds is 9. The Balaban J connectivity index is 1.13. The summed E-state index contributed by atoms with van der Waals surface area (Å²) in [5.74, 6) is 0.396. The second-order valence-corrected chi connectivity index (χ2v) is 9.97. The summed E-state index contributed by atoms with van der Waals surface area (Å²) in [7, 11) is 0. The van der Waals surface area contributed by atoms with Crippen LogP contribution in [-0.4, -0.2) is 41.1 Å². The molecule has 0 atom stereocenters. The quantitative estimate of drug-likeness (QED) is 0.282. The van der Waals surface area contributed by atoms with Crippen molar-refractivity contribution in [3.63, 3.8) is 0 Å². The highest BCUT2D eigenvalue weighted by molar-refractivity contribution is 6.30. The van der Waals surface area contributed by atoms with E-state index < -0.39 is 0 Å². The lowest BCUT2D eigenvalue weighted by Gasteiger charge is -2.32. The first-order chi connectivity index (χ1) is 18.0. The fourth-order valence-electron chi connectivity index (χ4n) is 4.96. The SMILES string of the molecule is O=C(NCc1cccc(Cl)c1)c1cn(CCCN2CCC(Oc3ccc(F)cc3)CC2)c2ccccc12. The number of amides is 1. The number of piperidine rings is 1. The molecule has 0 saturated carbocycles. The van der Waals surface area contributed by atoms with Gasteiger partial charge in [-0.05, 0) is 73.8 Å². The summed E-state index contributed by atoms with van der Waals surface area (Å²) in [5, 5.41) is 4.65. The van der Waals surface area contributed by atoms with E-state index in [0.29, 0.717) is 17.1 Å².